The van der Waals surface area contributed by atoms with E-state index in [9.17, 15) is 17.9 Å². The first-order chi connectivity index (χ1) is 11.6. The Morgan fingerprint density at radius 3 is 2.44 bits per heavy atom. The summed E-state index contributed by atoms with van der Waals surface area (Å²) in [5.41, 5.74) is 0.906. The lowest BCUT2D eigenvalue weighted by atomic mass is 10.1. The molecule has 4 atom stereocenters. The van der Waals surface area contributed by atoms with Crippen LogP contribution in [0.1, 0.15) is 19.4 Å². The Bertz CT molecular complexity index is 733. The van der Waals surface area contributed by atoms with Gasteiger partial charge in [0.2, 0.25) is 5.79 Å². The van der Waals surface area contributed by atoms with Crippen molar-refractivity contribution in [2.45, 2.75) is 55.6 Å². The van der Waals surface area contributed by atoms with Crippen LogP contribution in [0, 0.1) is 6.92 Å². The number of aliphatic hydroxyl groups excluding tert-OH is 1. The van der Waals surface area contributed by atoms with Gasteiger partial charge in [-0.05, 0) is 32.9 Å². The lowest BCUT2D eigenvalue weighted by Gasteiger charge is -2.26. The molecule has 2 aliphatic heterocycles. The van der Waals surface area contributed by atoms with E-state index in [-0.39, 0.29) is 4.90 Å². The molecule has 0 aliphatic carbocycles. The highest BCUT2D eigenvalue weighted by Gasteiger charge is 2.65. The van der Waals surface area contributed by atoms with Gasteiger partial charge in [-0.2, -0.15) is 8.42 Å². The van der Waals surface area contributed by atoms with Crippen molar-refractivity contribution in [1.29, 1.82) is 0 Å². The van der Waals surface area contributed by atoms with E-state index in [1.807, 2.05) is 6.92 Å². The van der Waals surface area contributed by atoms with E-state index in [0.717, 1.165) is 5.56 Å². The van der Waals surface area contributed by atoms with Gasteiger partial charge >= 0.3 is 0 Å². The second kappa shape index (κ2) is 6.26. The number of hydrogen-bond acceptors (Lipinski definition) is 7. The Morgan fingerprint density at radius 1 is 1.24 bits per heavy atom. The molecular weight excluding hydrogens is 355 g/mol. The predicted molar refractivity (Wildman–Crippen MR) is 83.9 cm³/mol. The van der Waals surface area contributed by atoms with E-state index < -0.39 is 53.3 Å². The van der Waals surface area contributed by atoms with Gasteiger partial charge in [0, 0.05) is 0 Å². The summed E-state index contributed by atoms with van der Waals surface area (Å²) in [4.78, 5) is -0.0142. The van der Waals surface area contributed by atoms with Crippen LogP contribution in [0.5, 0.6) is 0 Å². The number of ether oxygens (including phenoxy) is 3. The maximum Gasteiger partial charge on any atom is 0.297 e. The Hall–Kier alpha value is -1.10. The van der Waals surface area contributed by atoms with Crippen molar-refractivity contribution in [2.24, 2.45) is 0 Å². The van der Waals surface area contributed by atoms with Gasteiger partial charge in [-0.1, -0.05) is 17.7 Å². The van der Waals surface area contributed by atoms with Crippen LogP contribution in [-0.4, -0.2) is 56.7 Å². The fourth-order valence-electron chi connectivity index (χ4n) is 3.03. The molecule has 0 amide bonds. The molecule has 1 aromatic carbocycles. The third kappa shape index (κ3) is 3.44. The maximum atomic E-state index is 13.5. The van der Waals surface area contributed by atoms with Gasteiger partial charge in [0.1, 0.15) is 25.0 Å². The molecule has 3 rings (SSSR count). The number of rotatable bonds is 5. The minimum absolute atomic E-state index is 0.0142. The summed E-state index contributed by atoms with van der Waals surface area (Å²) < 4.78 is 59.3. The van der Waals surface area contributed by atoms with Gasteiger partial charge < -0.3 is 19.3 Å². The number of fused-ring (bicyclic) bond motifs is 1. The quantitative estimate of drug-likeness (QED) is 0.774. The molecular formula is C16H21FO7S. The third-order valence-electron chi connectivity index (χ3n) is 4.19. The van der Waals surface area contributed by atoms with E-state index in [0.29, 0.717) is 0 Å². The second-order valence-corrected chi connectivity index (χ2v) is 8.30. The third-order valence-corrected chi connectivity index (χ3v) is 5.48. The van der Waals surface area contributed by atoms with Crippen LogP contribution in [-0.2, 0) is 28.5 Å². The van der Waals surface area contributed by atoms with Crippen LogP contribution in [0.15, 0.2) is 29.2 Å². The topological polar surface area (TPSA) is 91.3 Å². The summed E-state index contributed by atoms with van der Waals surface area (Å²) in [6.45, 7) is 3.46. The largest absolute Gasteiger partial charge is 0.387 e. The van der Waals surface area contributed by atoms with Crippen LogP contribution >= 0.6 is 0 Å². The zero-order valence-corrected chi connectivity index (χ0v) is 15.0. The predicted octanol–water partition coefficient (Wildman–Crippen LogP) is 1.28. The van der Waals surface area contributed by atoms with Crippen LogP contribution in [0.25, 0.3) is 0 Å². The summed E-state index contributed by atoms with van der Waals surface area (Å²) in [5, 5.41) is 10.3. The van der Waals surface area contributed by atoms with Crippen LogP contribution in [0.4, 0.5) is 4.39 Å². The zero-order chi connectivity index (χ0) is 18.5. The molecule has 0 saturated carbocycles. The monoisotopic (exact) mass is 376 g/mol. The molecule has 0 bridgehead atoms. The van der Waals surface area contributed by atoms with Crippen molar-refractivity contribution in [3.8, 4) is 0 Å². The highest BCUT2D eigenvalue weighted by Crippen LogP contribution is 2.45. The number of alkyl halides is 1. The zero-order valence-electron chi connectivity index (χ0n) is 14.1. The van der Waals surface area contributed by atoms with Gasteiger partial charge in [-0.25, -0.2) is 4.39 Å². The second-order valence-electron chi connectivity index (χ2n) is 6.68. The van der Waals surface area contributed by atoms with Crippen molar-refractivity contribution < 1.29 is 36.3 Å². The molecule has 0 aromatic heterocycles. The van der Waals surface area contributed by atoms with Crippen LogP contribution < -0.4 is 0 Å². The summed E-state index contributed by atoms with van der Waals surface area (Å²) >= 11 is 0. The summed E-state index contributed by atoms with van der Waals surface area (Å²) in [5.74, 6) is -2.87. The number of benzene rings is 1. The normalized spacial score (nSPS) is 34.2. The molecule has 0 spiro atoms. The van der Waals surface area contributed by atoms with Crippen molar-refractivity contribution in [3.63, 3.8) is 0 Å². The van der Waals surface area contributed by atoms with Gasteiger partial charge in [0.25, 0.3) is 10.1 Å². The van der Waals surface area contributed by atoms with Crippen molar-refractivity contribution >= 4 is 10.1 Å². The molecule has 2 saturated heterocycles. The van der Waals surface area contributed by atoms with E-state index in [4.69, 9.17) is 18.4 Å². The van der Waals surface area contributed by atoms with Gasteiger partial charge in [0.05, 0.1) is 11.5 Å². The Kier molecular flexibility index (Phi) is 4.68. The first-order valence-electron chi connectivity index (χ1n) is 7.84. The van der Waals surface area contributed by atoms with Crippen LogP contribution in [0.2, 0.25) is 0 Å². The number of aliphatic hydroxyl groups is 1. The Labute approximate surface area is 145 Å². The Morgan fingerprint density at radius 2 is 1.88 bits per heavy atom. The minimum atomic E-state index is -4.03. The Balaban J connectivity index is 1.70. The molecule has 1 N–H and O–H groups in total. The highest BCUT2D eigenvalue weighted by atomic mass is 32.2. The maximum absolute atomic E-state index is 13.5. The highest BCUT2D eigenvalue weighted by molar-refractivity contribution is 7.86. The van der Waals surface area contributed by atoms with Gasteiger partial charge in [-0.3, -0.25) is 4.18 Å². The lowest BCUT2D eigenvalue weighted by Crippen LogP contribution is -2.42. The van der Waals surface area contributed by atoms with Crippen molar-refractivity contribution in [1.82, 2.24) is 0 Å². The van der Waals surface area contributed by atoms with E-state index in [1.165, 1.54) is 12.1 Å². The first kappa shape index (κ1) is 18.7. The molecule has 25 heavy (non-hydrogen) atoms. The molecule has 7 nitrogen and oxygen atoms in total. The average Bonchev–Trinajstić information content (AvgIpc) is 2.95. The molecule has 2 heterocycles. The van der Waals surface area contributed by atoms with Gasteiger partial charge in [0.15, 0.2) is 5.79 Å². The summed E-state index contributed by atoms with van der Waals surface area (Å²) in [6, 6.07) is 6.12. The molecule has 2 aliphatic rings. The fraction of sp³-hybridized carbons (Fsp3) is 0.625. The summed E-state index contributed by atoms with van der Waals surface area (Å²) in [7, 11) is -4.03. The van der Waals surface area contributed by atoms with Crippen LogP contribution in [0.3, 0.4) is 0 Å². The lowest BCUT2D eigenvalue weighted by molar-refractivity contribution is -0.269. The first-order valence-corrected chi connectivity index (χ1v) is 9.25. The number of aryl methyl sites for hydroxylation is 1. The van der Waals surface area contributed by atoms with E-state index in [2.05, 4.69) is 0 Å². The standard InChI is InChI=1S/C16H21FO7S/c1-10-4-6-11(7-5-10)25(19,20)21-8-12-13(18)14-16(9-17,22-12)24-15(2,3)23-14/h4-7,12-14,18H,8-9H2,1-3H3/t12-,13+,14-,16-/m0/s1. The summed E-state index contributed by atoms with van der Waals surface area (Å²) in [6.07, 6.45) is -3.45. The minimum Gasteiger partial charge on any atom is -0.387 e. The van der Waals surface area contributed by atoms with Gasteiger partial charge in [-0.15, -0.1) is 0 Å². The fourth-order valence-corrected chi connectivity index (χ4v) is 3.95. The van der Waals surface area contributed by atoms with E-state index in [1.54, 1.807) is 26.0 Å². The van der Waals surface area contributed by atoms with Crippen molar-refractivity contribution in [3.05, 3.63) is 29.8 Å². The molecule has 0 radical (unpaired) electrons. The average molecular weight is 376 g/mol. The smallest absolute Gasteiger partial charge is 0.297 e. The molecule has 0 unspecified atom stereocenters. The molecule has 2 fully saturated rings. The molecule has 140 valence electrons. The number of halogens is 1. The number of hydrogen-bond donors (Lipinski definition) is 1. The SMILES string of the molecule is Cc1ccc(S(=O)(=O)OC[C@@H]2O[C@@]3(CF)OC(C)(C)O[C@H]3[C@@H]2O)cc1. The van der Waals surface area contributed by atoms with E-state index >= 15 is 0 Å². The van der Waals surface area contributed by atoms with Crippen molar-refractivity contribution in [2.75, 3.05) is 13.3 Å². The molecule has 1 aromatic rings. The molecule has 9 heteroatoms.